The van der Waals surface area contributed by atoms with E-state index in [2.05, 4.69) is 34.6 Å². The Bertz CT molecular complexity index is 858. The molecule has 22 heavy (non-hydrogen) atoms. The van der Waals surface area contributed by atoms with Gasteiger partial charge in [-0.15, -0.1) is 11.3 Å². The maximum Gasteiger partial charge on any atom is 0.240 e. The Hall–Kier alpha value is -2.71. The molecule has 1 N–H and O–H groups in total. The Balaban J connectivity index is 1.80. The van der Waals surface area contributed by atoms with Gasteiger partial charge in [-0.05, 0) is 16.3 Å². The summed E-state index contributed by atoms with van der Waals surface area (Å²) in [5.74, 6) is -0.325. The van der Waals surface area contributed by atoms with Crippen LogP contribution in [0.15, 0.2) is 48.7 Å². The van der Waals surface area contributed by atoms with Gasteiger partial charge in [-0.3, -0.25) is 4.79 Å². The summed E-state index contributed by atoms with van der Waals surface area (Å²) in [5, 5.41) is 14.1. The highest BCUT2D eigenvalue weighted by Gasteiger charge is 2.08. The predicted octanol–water partition coefficient (Wildman–Crippen LogP) is 3.74. The molecule has 1 amide bonds. The zero-order valence-corrected chi connectivity index (χ0v) is 12.6. The second-order valence-corrected chi connectivity index (χ2v) is 5.95. The zero-order valence-electron chi connectivity index (χ0n) is 11.7. The minimum atomic E-state index is -0.325. The summed E-state index contributed by atoms with van der Waals surface area (Å²) in [6.07, 6.45) is 2.39. The lowest BCUT2D eigenvalue weighted by Gasteiger charge is -2.04. The fourth-order valence-electron chi connectivity index (χ4n) is 2.32. The minimum Gasteiger partial charge on any atom is -0.301 e. The fraction of sp³-hybridized carbons (Fsp3) is 0.118. The van der Waals surface area contributed by atoms with Crippen LogP contribution in [0.3, 0.4) is 0 Å². The van der Waals surface area contributed by atoms with Crippen LogP contribution in [0.25, 0.3) is 10.8 Å². The molecule has 3 aromatic rings. The molecular weight excluding hydrogens is 294 g/mol. The zero-order chi connectivity index (χ0) is 15.4. The molecule has 1 aromatic heterocycles. The Labute approximate surface area is 132 Å². The number of hydrogen-bond donors (Lipinski definition) is 1. The van der Waals surface area contributed by atoms with Crippen LogP contribution in [-0.4, -0.2) is 10.9 Å². The number of nitriles is 1. The third-order valence-corrected chi connectivity index (χ3v) is 4.20. The molecule has 0 aliphatic carbocycles. The molecule has 5 heteroatoms. The number of amides is 1. The van der Waals surface area contributed by atoms with Crippen molar-refractivity contribution < 1.29 is 4.79 Å². The van der Waals surface area contributed by atoms with Crippen molar-refractivity contribution in [2.24, 2.45) is 0 Å². The van der Waals surface area contributed by atoms with Crippen molar-refractivity contribution in [2.45, 2.75) is 12.8 Å². The largest absolute Gasteiger partial charge is 0.301 e. The molecule has 4 nitrogen and oxygen atoms in total. The van der Waals surface area contributed by atoms with E-state index in [-0.39, 0.29) is 12.3 Å². The van der Waals surface area contributed by atoms with Crippen molar-refractivity contribution in [3.63, 3.8) is 0 Å². The van der Waals surface area contributed by atoms with Crippen LogP contribution in [-0.2, 0) is 11.2 Å². The van der Waals surface area contributed by atoms with Gasteiger partial charge in [0.15, 0.2) is 5.13 Å². The van der Waals surface area contributed by atoms with Crippen LogP contribution in [0.2, 0.25) is 0 Å². The number of thiazole rings is 1. The lowest BCUT2D eigenvalue weighted by molar-refractivity contribution is -0.115. The second-order valence-electron chi connectivity index (χ2n) is 4.83. The van der Waals surface area contributed by atoms with Gasteiger partial charge < -0.3 is 5.32 Å². The summed E-state index contributed by atoms with van der Waals surface area (Å²) in [6, 6.07) is 16.3. The monoisotopic (exact) mass is 307 g/mol. The lowest BCUT2D eigenvalue weighted by Crippen LogP contribution is -2.09. The van der Waals surface area contributed by atoms with Crippen molar-refractivity contribution in [2.75, 3.05) is 5.32 Å². The number of nitrogens with zero attached hydrogens (tertiary/aromatic N) is 2. The second kappa shape index (κ2) is 6.37. The lowest BCUT2D eigenvalue weighted by atomic mass is 10.0. The molecule has 0 aliphatic heterocycles. The van der Waals surface area contributed by atoms with Crippen LogP contribution < -0.4 is 5.32 Å². The Morgan fingerprint density at radius 3 is 2.91 bits per heavy atom. The van der Waals surface area contributed by atoms with Gasteiger partial charge in [0.2, 0.25) is 5.91 Å². The van der Waals surface area contributed by atoms with E-state index in [1.54, 1.807) is 6.20 Å². The maximum atomic E-state index is 11.4. The first-order chi connectivity index (χ1) is 10.8. The Kier molecular flexibility index (Phi) is 4.12. The van der Waals surface area contributed by atoms with E-state index in [4.69, 9.17) is 5.26 Å². The summed E-state index contributed by atoms with van der Waals surface area (Å²) in [5.41, 5.74) is 1.23. The van der Waals surface area contributed by atoms with Gasteiger partial charge in [-0.1, -0.05) is 42.5 Å². The minimum absolute atomic E-state index is 0.155. The third-order valence-electron chi connectivity index (χ3n) is 3.28. The molecule has 0 spiro atoms. The first-order valence-electron chi connectivity index (χ1n) is 6.84. The number of anilines is 1. The van der Waals surface area contributed by atoms with E-state index >= 15 is 0 Å². The highest BCUT2D eigenvalue weighted by Crippen LogP contribution is 2.25. The van der Waals surface area contributed by atoms with Gasteiger partial charge in [0.1, 0.15) is 6.42 Å². The van der Waals surface area contributed by atoms with Gasteiger partial charge in [0, 0.05) is 17.5 Å². The van der Waals surface area contributed by atoms with Crippen molar-refractivity contribution in [1.29, 1.82) is 5.26 Å². The van der Waals surface area contributed by atoms with E-state index in [9.17, 15) is 4.79 Å². The highest BCUT2D eigenvalue weighted by atomic mass is 32.1. The smallest absolute Gasteiger partial charge is 0.240 e. The van der Waals surface area contributed by atoms with E-state index in [0.717, 1.165) is 11.3 Å². The van der Waals surface area contributed by atoms with Crippen LogP contribution in [0, 0.1) is 11.3 Å². The first-order valence-corrected chi connectivity index (χ1v) is 7.66. The molecule has 0 saturated carbocycles. The predicted molar refractivity (Wildman–Crippen MR) is 87.7 cm³/mol. The highest BCUT2D eigenvalue weighted by molar-refractivity contribution is 7.15. The van der Waals surface area contributed by atoms with E-state index in [1.807, 2.05) is 24.3 Å². The Morgan fingerprint density at radius 1 is 1.23 bits per heavy atom. The Morgan fingerprint density at radius 2 is 2.05 bits per heavy atom. The summed E-state index contributed by atoms with van der Waals surface area (Å²) < 4.78 is 0. The number of benzene rings is 2. The maximum absolute atomic E-state index is 11.4. The average Bonchev–Trinajstić information content (AvgIpc) is 2.95. The van der Waals surface area contributed by atoms with Gasteiger partial charge in [-0.2, -0.15) is 5.26 Å². The molecule has 3 rings (SSSR count). The third kappa shape index (κ3) is 3.13. The molecule has 2 aromatic carbocycles. The van der Waals surface area contributed by atoms with E-state index in [1.165, 1.54) is 27.7 Å². The normalized spacial score (nSPS) is 10.3. The summed E-state index contributed by atoms with van der Waals surface area (Å²) in [7, 11) is 0. The van der Waals surface area contributed by atoms with E-state index < -0.39 is 0 Å². The molecule has 0 radical (unpaired) electrons. The number of nitrogens with one attached hydrogen (secondary N) is 1. The first kappa shape index (κ1) is 14.2. The number of carbonyl (C=O) groups is 1. The van der Waals surface area contributed by atoms with Gasteiger partial charge in [0.25, 0.3) is 0 Å². The molecule has 0 atom stereocenters. The van der Waals surface area contributed by atoms with Crippen molar-refractivity contribution >= 4 is 33.1 Å². The molecule has 1 heterocycles. The summed E-state index contributed by atoms with van der Waals surface area (Å²) in [6.45, 7) is 0. The van der Waals surface area contributed by atoms with Gasteiger partial charge >= 0.3 is 0 Å². The summed E-state index contributed by atoms with van der Waals surface area (Å²) >= 11 is 1.44. The molecule has 0 bridgehead atoms. The van der Waals surface area contributed by atoms with Crippen LogP contribution in [0.5, 0.6) is 0 Å². The molecule has 108 valence electrons. The quantitative estimate of drug-likeness (QED) is 0.798. The fourth-order valence-corrected chi connectivity index (χ4v) is 3.17. The number of aromatic nitrogens is 1. The van der Waals surface area contributed by atoms with Gasteiger partial charge in [-0.25, -0.2) is 4.98 Å². The van der Waals surface area contributed by atoms with Crippen molar-refractivity contribution in [3.05, 3.63) is 59.1 Å². The SMILES string of the molecule is N#CCC(=O)Nc1ncc(Cc2cccc3ccccc23)s1. The number of hydrogen-bond acceptors (Lipinski definition) is 4. The van der Waals surface area contributed by atoms with E-state index in [0.29, 0.717) is 5.13 Å². The molecule has 0 fully saturated rings. The van der Waals surface area contributed by atoms with Crippen molar-refractivity contribution in [1.82, 2.24) is 4.98 Å². The average molecular weight is 307 g/mol. The summed E-state index contributed by atoms with van der Waals surface area (Å²) in [4.78, 5) is 16.7. The van der Waals surface area contributed by atoms with Crippen LogP contribution >= 0.6 is 11.3 Å². The molecule has 0 saturated heterocycles. The number of rotatable bonds is 4. The van der Waals surface area contributed by atoms with Crippen molar-refractivity contribution in [3.8, 4) is 6.07 Å². The van der Waals surface area contributed by atoms with Crippen LogP contribution in [0.4, 0.5) is 5.13 Å². The topological polar surface area (TPSA) is 65.8 Å². The standard InChI is InChI=1S/C17H13N3OS/c18-9-8-16(21)20-17-19-11-14(22-17)10-13-6-3-5-12-4-1-2-7-15(12)13/h1-7,11H,8,10H2,(H,19,20,21). The number of fused-ring (bicyclic) bond motifs is 1. The molecule has 0 aliphatic rings. The van der Waals surface area contributed by atoms with Gasteiger partial charge in [0.05, 0.1) is 6.07 Å². The number of carbonyl (C=O) groups excluding carboxylic acids is 1. The molecule has 0 unspecified atom stereocenters. The molecular formula is C17H13N3OS. The van der Waals surface area contributed by atoms with Crippen LogP contribution in [0.1, 0.15) is 16.9 Å².